The zero-order chi connectivity index (χ0) is 24.1. The molecule has 0 aliphatic heterocycles. The van der Waals surface area contributed by atoms with Gasteiger partial charge >= 0.3 is 0 Å². The van der Waals surface area contributed by atoms with E-state index in [2.05, 4.69) is 107 Å². The SMILES string of the molecule is Cn1c2cc(-c3cccc(-c4ccccn4)c3)ccc2c2ccc3cc(-c4cccnc4)ccc3c21. The number of hydrogen-bond acceptors (Lipinski definition) is 2. The number of pyridine rings is 2. The molecule has 0 amide bonds. The van der Waals surface area contributed by atoms with Crippen molar-refractivity contribution in [2.45, 2.75) is 0 Å². The monoisotopic (exact) mass is 461 g/mol. The Morgan fingerprint density at radius 2 is 1.33 bits per heavy atom. The van der Waals surface area contributed by atoms with Crippen LogP contribution in [0.5, 0.6) is 0 Å². The van der Waals surface area contributed by atoms with E-state index in [9.17, 15) is 0 Å². The first-order valence-electron chi connectivity index (χ1n) is 12.1. The summed E-state index contributed by atoms with van der Waals surface area (Å²) >= 11 is 0. The molecule has 0 saturated carbocycles. The summed E-state index contributed by atoms with van der Waals surface area (Å²) in [5.41, 5.74) is 9.32. The summed E-state index contributed by atoms with van der Waals surface area (Å²) in [6.07, 6.45) is 5.57. The van der Waals surface area contributed by atoms with E-state index in [1.165, 1.54) is 49.3 Å². The fourth-order valence-corrected chi connectivity index (χ4v) is 5.33. The molecular formula is C33H23N3. The molecule has 170 valence electrons. The quantitative estimate of drug-likeness (QED) is 0.265. The second-order valence-electron chi connectivity index (χ2n) is 9.23. The van der Waals surface area contributed by atoms with Gasteiger partial charge in [0.15, 0.2) is 0 Å². The van der Waals surface area contributed by atoms with Gasteiger partial charge in [0.1, 0.15) is 0 Å². The fourth-order valence-electron chi connectivity index (χ4n) is 5.33. The number of nitrogens with zero attached hydrogens (tertiary/aromatic N) is 3. The molecule has 7 rings (SSSR count). The molecule has 0 aliphatic rings. The summed E-state index contributed by atoms with van der Waals surface area (Å²) in [4.78, 5) is 8.81. The molecule has 0 spiro atoms. The van der Waals surface area contributed by atoms with Crippen LogP contribution in [0.15, 0.2) is 122 Å². The van der Waals surface area contributed by atoms with Crippen molar-refractivity contribution in [2.24, 2.45) is 7.05 Å². The minimum atomic E-state index is 0.988. The largest absolute Gasteiger partial charge is 0.343 e. The molecule has 0 N–H and O–H groups in total. The second-order valence-corrected chi connectivity index (χ2v) is 9.23. The lowest BCUT2D eigenvalue weighted by atomic mass is 9.99. The van der Waals surface area contributed by atoms with Crippen LogP contribution < -0.4 is 0 Å². The van der Waals surface area contributed by atoms with Crippen LogP contribution in [-0.4, -0.2) is 14.5 Å². The van der Waals surface area contributed by atoms with E-state index in [1.54, 1.807) is 0 Å². The van der Waals surface area contributed by atoms with Crippen molar-refractivity contribution >= 4 is 32.6 Å². The number of hydrogen-bond donors (Lipinski definition) is 0. The van der Waals surface area contributed by atoms with Crippen molar-refractivity contribution in [3.05, 3.63) is 122 Å². The van der Waals surface area contributed by atoms with Crippen molar-refractivity contribution in [2.75, 3.05) is 0 Å². The van der Waals surface area contributed by atoms with E-state index in [0.29, 0.717) is 0 Å². The molecule has 3 aromatic heterocycles. The van der Waals surface area contributed by atoms with Gasteiger partial charge in [-0.3, -0.25) is 9.97 Å². The van der Waals surface area contributed by atoms with Crippen molar-refractivity contribution in [1.82, 2.24) is 14.5 Å². The van der Waals surface area contributed by atoms with E-state index >= 15 is 0 Å². The highest BCUT2D eigenvalue weighted by Gasteiger charge is 2.13. The van der Waals surface area contributed by atoms with Crippen LogP contribution in [-0.2, 0) is 7.05 Å². The Kier molecular flexibility index (Phi) is 4.68. The van der Waals surface area contributed by atoms with Gasteiger partial charge < -0.3 is 4.57 Å². The van der Waals surface area contributed by atoms with Gasteiger partial charge in [0, 0.05) is 58.4 Å². The molecule has 0 unspecified atom stereocenters. The van der Waals surface area contributed by atoms with Gasteiger partial charge in [-0.1, -0.05) is 66.7 Å². The molecule has 0 aliphatic carbocycles. The van der Waals surface area contributed by atoms with Gasteiger partial charge in [0.05, 0.1) is 11.2 Å². The maximum absolute atomic E-state index is 4.52. The highest BCUT2D eigenvalue weighted by atomic mass is 14.9. The lowest BCUT2D eigenvalue weighted by Crippen LogP contribution is -1.89. The maximum atomic E-state index is 4.52. The molecule has 36 heavy (non-hydrogen) atoms. The van der Waals surface area contributed by atoms with Gasteiger partial charge in [0.2, 0.25) is 0 Å². The first-order chi connectivity index (χ1) is 17.8. The highest BCUT2D eigenvalue weighted by molar-refractivity contribution is 6.18. The van der Waals surface area contributed by atoms with Gasteiger partial charge in [-0.2, -0.15) is 0 Å². The zero-order valence-corrected chi connectivity index (χ0v) is 19.9. The topological polar surface area (TPSA) is 30.7 Å². The molecule has 0 saturated heterocycles. The van der Waals surface area contributed by atoms with E-state index < -0.39 is 0 Å². The summed E-state index contributed by atoms with van der Waals surface area (Å²) < 4.78 is 2.34. The number of benzene rings is 4. The Labute approximate surface area is 209 Å². The zero-order valence-electron chi connectivity index (χ0n) is 19.9. The number of rotatable bonds is 3. The smallest absolute Gasteiger partial charge is 0.0702 e. The molecule has 3 heterocycles. The minimum Gasteiger partial charge on any atom is -0.343 e. The van der Waals surface area contributed by atoms with Crippen LogP contribution in [0.2, 0.25) is 0 Å². The van der Waals surface area contributed by atoms with Crippen molar-refractivity contribution < 1.29 is 0 Å². The minimum absolute atomic E-state index is 0.988. The van der Waals surface area contributed by atoms with Crippen LogP contribution in [0.25, 0.3) is 66.1 Å². The lowest BCUT2D eigenvalue weighted by Gasteiger charge is -2.07. The molecule has 0 fully saturated rings. The third-order valence-electron chi connectivity index (χ3n) is 7.13. The predicted octanol–water partition coefficient (Wildman–Crippen LogP) is 8.28. The Balaban J connectivity index is 1.38. The Bertz CT molecular complexity index is 1880. The van der Waals surface area contributed by atoms with Gasteiger partial charge in [-0.25, -0.2) is 0 Å². The van der Waals surface area contributed by atoms with Crippen LogP contribution >= 0.6 is 0 Å². The summed E-state index contributed by atoms with van der Waals surface area (Å²) in [6.45, 7) is 0. The third-order valence-corrected chi connectivity index (χ3v) is 7.13. The first-order valence-corrected chi connectivity index (χ1v) is 12.1. The van der Waals surface area contributed by atoms with Crippen molar-refractivity contribution in [3.63, 3.8) is 0 Å². The molecule has 7 aromatic rings. The van der Waals surface area contributed by atoms with E-state index in [-0.39, 0.29) is 0 Å². The molecule has 3 heteroatoms. The van der Waals surface area contributed by atoms with Gasteiger partial charge in [-0.05, 0) is 58.5 Å². The standard InChI is InChI=1S/C33H23N3/c1-36-32-20-24(22-6-4-7-26(19-22)31-9-2-3-17-35-31)11-14-29(32)30-15-12-25-18-23(10-13-28(25)33(30)36)27-8-5-16-34-21-27/h2-21H,1H3. The van der Waals surface area contributed by atoms with E-state index in [1.807, 2.05) is 36.8 Å². The fraction of sp³-hybridized carbons (Fsp3) is 0.0303. The van der Waals surface area contributed by atoms with Gasteiger partial charge in [0.25, 0.3) is 0 Å². The normalized spacial score (nSPS) is 11.5. The van der Waals surface area contributed by atoms with Crippen LogP contribution in [0.3, 0.4) is 0 Å². The number of aromatic nitrogens is 3. The Hall–Kier alpha value is -4.76. The molecule has 3 nitrogen and oxygen atoms in total. The van der Waals surface area contributed by atoms with Crippen molar-refractivity contribution in [3.8, 4) is 33.5 Å². The van der Waals surface area contributed by atoms with E-state index in [0.717, 1.165) is 16.8 Å². The highest BCUT2D eigenvalue weighted by Crippen LogP contribution is 2.37. The van der Waals surface area contributed by atoms with Crippen LogP contribution in [0.1, 0.15) is 0 Å². The van der Waals surface area contributed by atoms with Crippen molar-refractivity contribution in [1.29, 1.82) is 0 Å². The number of fused-ring (bicyclic) bond motifs is 5. The first kappa shape index (κ1) is 20.6. The van der Waals surface area contributed by atoms with Crippen LogP contribution in [0.4, 0.5) is 0 Å². The second kappa shape index (κ2) is 8.17. The van der Waals surface area contributed by atoms with Crippen LogP contribution in [0, 0.1) is 0 Å². The maximum Gasteiger partial charge on any atom is 0.0702 e. The lowest BCUT2D eigenvalue weighted by molar-refractivity contribution is 1.02. The predicted molar refractivity (Wildman–Crippen MR) is 150 cm³/mol. The summed E-state index contributed by atoms with van der Waals surface area (Å²) in [5, 5.41) is 5.05. The average molecular weight is 462 g/mol. The summed E-state index contributed by atoms with van der Waals surface area (Å²) in [5.74, 6) is 0. The number of aryl methyl sites for hydroxylation is 1. The molecule has 0 radical (unpaired) electrons. The average Bonchev–Trinajstić information content (AvgIpc) is 3.25. The molecule has 0 atom stereocenters. The molecular weight excluding hydrogens is 438 g/mol. The summed E-state index contributed by atoms with van der Waals surface area (Å²) in [7, 11) is 2.17. The summed E-state index contributed by atoms with van der Waals surface area (Å²) in [6, 6.07) is 36.7. The molecule has 0 bridgehead atoms. The third kappa shape index (κ3) is 3.29. The Morgan fingerprint density at radius 3 is 2.17 bits per heavy atom. The Morgan fingerprint density at radius 1 is 0.556 bits per heavy atom. The van der Waals surface area contributed by atoms with Gasteiger partial charge in [-0.15, -0.1) is 0 Å². The van der Waals surface area contributed by atoms with E-state index in [4.69, 9.17) is 0 Å². The molecule has 4 aromatic carbocycles.